The van der Waals surface area contributed by atoms with Gasteiger partial charge in [-0.25, -0.2) is 0 Å². The molecule has 1 N–H and O–H groups in total. The van der Waals surface area contributed by atoms with Crippen molar-refractivity contribution in [2.75, 3.05) is 0 Å². The number of thiazole rings is 1. The number of carboxylic acid groups (broad SMARTS) is 1. The van der Waals surface area contributed by atoms with Gasteiger partial charge in [0.2, 0.25) is 0 Å². The van der Waals surface area contributed by atoms with Crippen LogP contribution >= 0.6 is 11.3 Å². The lowest BCUT2D eigenvalue weighted by molar-refractivity contribution is -0.137. The van der Waals surface area contributed by atoms with Crippen LogP contribution in [0.2, 0.25) is 0 Å². The Morgan fingerprint density at radius 2 is 2.00 bits per heavy atom. The van der Waals surface area contributed by atoms with Gasteiger partial charge in [0.15, 0.2) is 0 Å². The van der Waals surface area contributed by atoms with Crippen LogP contribution in [0.5, 0.6) is 0 Å². The Morgan fingerprint density at radius 3 is 2.75 bits per heavy atom. The summed E-state index contributed by atoms with van der Waals surface area (Å²) in [5.41, 5.74) is 4.35. The summed E-state index contributed by atoms with van der Waals surface area (Å²) in [6.07, 6.45) is 4.61. The van der Waals surface area contributed by atoms with Crippen molar-refractivity contribution < 1.29 is 9.90 Å². The van der Waals surface area contributed by atoms with E-state index < -0.39 is 5.97 Å². The molecule has 1 heterocycles. The number of nitrogens with zero attached hydrogens (tertiary/aromatic N) is 1. The lowest BCUT2D eigenvalue weighted by atomic mass is 9.90. The molecule has 20 heavy (non-hydrogen) atoms. The zero-order valence-corrected chi connectivity index (χ0v) is 11.8. The number of aliphatic carboxylic acids is 1. The standard InChI is InChI=1S/C15H15NO3S/c17-14(18)8-16-13(9-20-15(16)19)12-6-5-10-3-1-2-4-11(10)7-12/h5-7,9H,1-4,8H2,(H,17,18). The van der Waals surface area contributed by atoms with Crippen molar-refractivity contribution >= 4 is 17.3 Å². The monoisotopic (exact) mass is 289 g/mol. The van der Waals surface area contributed by atoms with Gasteiger partial charge in [0.05, 0.1) is 5.69 Å². The molecule has 104 valence electrons. The molecule has 0 saturated heterocycles. The normalized spacial score (nSPS) is 14.0. The largest absolute Gasteiger partial charge is 0.480 e. The molecule has 0 amide bonds. The van der Waals surface area contributed by atoms with E-state index in [1.54, 1.807) is 5.38 Å². The summed E-state index contributed by atoms with van der Waals surface area (Å²) < 4.78 is 1.33. The first kappa shape index (κ1) is 13.1. The third-order valence-electron chi connectivity index (χ3n) is 3.72. The summed E-state index contributed by atoms with van der Waals surface area (Å²) >= 11 is 1.05. The number of rotatable bonds is 3. The highest BCUT2D eigenvalue weighted by Crippen LogP contribution is 2.27. The molecule has 1 aliphatic carbocycles. The number of hydrogen-bond acceptors (Lipinski definition) is 3. The molecule has 0 saturated carbocycles. The minimum absolute atomic E-state index is 0.222. The van der Waals surface area contributed by atoms with E-state index in [0.29, 0.717) is 5.69 Å². The Bertz CT molecular complexity index is 714. The average molecular weight is 289 g/mol. The average Bonchev–Trinajstić information content (AvgIpc) is 2.79. The van der Waals surface area contributed by atoms with Gasteiger partial charge in [0.1, 0.15) is 6.54 Å². The van der Waals surface area contributed by atoms with Crippen LogP contribution in [0.25, 0.3) is 11.3 Å². The summed E-state index contributed by atoms with van der Waals surface area (Å²) in [6, 6.07) is 6.20. The molecule has 1 aliphatic rings. The second-order valence-corrected chi connectivity index (χ2v) is 5.88. The molecule has 2 aromatic rings. The van der Waals surface area contributed by atoms with Crippen molar-refractivity contribution in [2.24, 2.45) is 0 Å². The van der Waals surface area contributed by atoms with Crippen LogP contribution in [0, 0.1) is 0 Å². The van der Waals surface area contributed by atoms with Gasteiger partial charge in [-0.3, -0.25) is 14.2 Å². The minimum Gasteiger partial charge on any atom is -0.480 e. The van der Waals surface area contributed by atoms with Gasteiger partial charge in [-0.2, -0.15) is 0 Å². The first-order valence-corrected chi connectivity index (χ1v) is 7.55. The Balaban J connectivity index is 2.05. The summed E-state index contributed by atoms with van der Waals surface area (Å²) in [7, 11) is 0. The number of hydrogen-bond donors (Lipinski definition) is 1. The van der Waals surface area contributed by atoms with Crippen molar-refractivity contribution in [2.45, 2.75) is 32.2 Å². The zero-order valence-electron chi connectivity index (χ0n) is 11.0. The van der Waals surface area contributed by atoms with Crippen molar-refractivity contribution in [3.63, 3.8) is 0 Å². The van der Waals surface area contributed by atoms with E-state index in [1.807, 2.05) is 6.07 Å². The summed E-state index contributed by atoms with van der Waals surface area (Å²) in [5.74, 6) is -0.996. The van der Waals surface area contributed by atoms with Crippen molar-refractivity contribution in [3.8, 4) is 11.3 Å². The highest BCUT2D eigenvalue weighted by molar-refractivity contribution is 7.07. The van der Waals surface area contributed by atoms with E-state index in [4.69, 9.17) is 5.11 Å². The molecule has 0 spiro atoms. The maximum absolute atomic E-state index is 11.8. The summed E-state index contributed by atoms with van der Waals surface area (Å²) in [4.78, 5) is 22.4. The van der Waals surface area contributed by atoms with Gasteiger partial charge in [-0.05, 0) is 48.4 Å². The maximum atomic E-state index is 11.8. The van der Waals surface area contributed by atoms with Gasteiger partial charge in [-0.15, -0.1) is 0 Å². The molecule has 5 heteroatoms. The number of aryl methyl sites for hydroxylation is 2. The van der Waals surface area contributed by atoms with E-state index in [9.17, 15) is 9.59 Å². The smallest absolute Gasteiger partial charge is 0.323 e. The third kappa shape index (κ3) is 2.41. The molecule has 0 radical (unpaired) electrons. The topological polar surface area (TPSA) is 59.3 Å². The molecule has 0 unspecified atom stereocenters. The van der Waals surface area contributed by atoms with Gasteiger partial charge >= 0.3 is 10.8 Å². The van der Waals surface area contributed by atoms with E-state index in [2.05, 4.69) is 12.1 Å². The fourth-order valence-corrected chi connectivity index (χ4v) is 3.50. The lowest BCUT2D eigenvalue weighted by Gasteiger charge is -2.16. The minimum atomic E-state index is -0.996. The molecule has 3 rings (SSSR count). The van der Waals surface area contributed by atoms with Crippen molar-refractivity contribution in [1.82, 2.24) is 4.57 Å². The first-order chi connectivity index (χ1) is 9.65. The van der Waals surface area contributed by atoms with E-state index in [0.717, 1.165) is 29.7 Å². The van der Waals surface area contributed by atoms with Crippen molar-refractivity contribution in [1.29, 1.82) is 0 Å². The quantitative estimate of drug-likeness (QED) is 0.944. The lowest BCUT2D eigenvalue weighted by Crippen LogP contribution is -2.19. The molecular weight excluding hydrogens is 274 g/mol. The number of aromatic nitrogens is 1. The Morgan fingerprint density at radius 1 is 1.25 bits per heavy atom. The second-order valence-electron chi connectivity index (χ2n) is 5.06. The zero-order chi connectivity index (χ0) is 14.1. The van der Waals surface area contributed by atoms with E-state index >= 15 is 0 Å². The van der Waals surface area contributed by atoms with E-state index in [-0.39, 0.29) is 11.4 Å². The van der Waals surface area contributed by atoms with Gasteiger partial charge in [-0.1, -0.05) is 23.5 Å². The van der Waals surface area contributed by atoms with E-state index in [1.165, 1.54) is 28.5 Å². The Hall–Kier alpha value is -1.88. The van der Waals surface area contributed by atoms with Crippen molar-refractivity contribution in [3.05, 3.63) is 44.4 Å². The third-order valence-corrected chi connectivity index (χ3v) is 4.48. The highest BCUT2D eigenvalue weighted by atomic mass is 32.1. The Labute approximate surface area is 120 Å². The van der Waals surface area contributed by atoms with Crippen LogP contribution in [0.3, 0.4) is 0 Å². The van der Waals surface area contributed by atoms with Gasteiger partial charge < -0.3 is 5.11 Å². The van der Waals surface area contributed by atoms with Gasteiger partial charge in [0.25, 0.3) is 0 Å². The molecule has 4 nitrogen and oxygen atoms in total. The maximum Gasteiger partial charge on any atom is 0.323 e. The number of carbonyl (C=O) groups is 1. The SMILES string of the molecule is O=C(O)Cn1c(-c2ccc3c(c2)CCCC3)csc1=O. The molecule has 0 fully saturated rings. The van der Waals surface area contributed by atoms with Crippen LogP contribution in [0.15, 0.2) is 28.4 Å². The fourth-order valence-electron chi connectivity index (χ4n) is 2.73. The second kappa shape index (κ2) is 5.25. The summed E-state index contributed by atoms with van der Waals surface area (Å²) in [5, 5.41) is 10.7. The Kier molecular flexibility index (Phi) is 3.44. The molecule has 0 bridgehead atoms. The predicted molar refractivity (Wildman–Crippen MR) is 78.3 cm³/mol. The van der Waals surface area contributed by atoms with Crippen LogP contribution in [-0.4, -0.2) is 15.6 Å². The first-order valence-electron chi connectivity index (χ1n) is 6.67. The number of carboxylic acids is 1. The number of fused-ring (bicyclic) bond motifs is 1. The molecule has 1 aromatic carbocycles. The summed E-state index contributed by atoms with van der Waals surface area (Å²) in [6.45, 7) is -0.283. The molecule has 0 aliphatic heterocycles. The van der Waals surface area contributed by atoms with Crippen LogP contribution in [0.4, 0.5) is 0 Å². The molecule has 1 aromatic heterocycles. The van der Waals surface area contributed by atoms with Gasteiger partial charge in [0, 0.05) is 5.38 Å². The highest BCUT2D eigenvalue weighted by Gasteiger charge is 2.15. The predicted octanol–water partition coefficient (Wildman–Crippen LogP) is 2.54. The van der Waals surface area contributed by atoms with Crippen LogP contribution in [0.1, 0.15) is 24.0 Å². The number of benzene rings is 1. The molecular formula is C15H15NO3S. The molecule has 0 atom stereocenters. The fraction of sp³-hybridized carbons (Fsp3) is 0.333. The van der Waals surface area contributed by atoms with Crippen LogP contribution in [-0.2, 0) is 24.2 Å². The van der Waals surface area contributed by atoms with Crippen LogP contribution < -0.4 is 4.87 Å².